The van der Waals surface area contributed by atoms with Crippen molar-refractivity contribution in [3.8, 4) is 0 Å². The maximum Gasteiger partial charge on any atom is 0.274 e. The molecule has 2 heterocycles. The molecule has 2 aromatic rings. The Morgan fingerprint density at radius 1 is 0.971 bits per heavy atom. The van der Waals surface area contributed by atoms with Gasteiger partial charge in [-0.2, -0.15) is 0 Å². The highest BCUT2D eigenvalue weighted by Crippen LogP contribution is 2.31. The molecule has 2 aromatic carbocycles. The number of likely N-dealkylation sites (tertiary alicyclic amines) is 1. The number of carbonyl (C=O) groups excluding carboxylic acids is 1. The van der Waals surface area contributed by atoms with Gasteiger partial charge in [0.25, 0.3) is 5.69 Å². The zero-order valence-corrected chi connectivity index (χ0v) is 22.4. The molecule has 192 valence electrons. The Morgan fingerprint density at radius 2 is 1.63 bits per heavy atom. The maximum atomic E-state index is 13.4. The minimum atomic E-state index is -0.510. The number of nitro groups is 1. The van der Waals surface area contributed by atoms with Gasteiger partial charge in [0.2, 0.25) is 5.91 Å². The predicted octanol–water partition coefficient (Wildman–Crippen LogP) is 5.10. The molecule has 0 radical (unpaired) electrons. The quantitative estimate of drug-likeness (QED) is 0.346. The van der Waals surface area contributed by atoms with E-state index in [2.05, 4.69) is 21.9 Å². The Hall–Kier alpha value is -1.61. The summed E-state index contributed by atoms with van der Waals surface area (Å²) in [5.74, 6) is -0.111. The zero-order valence-electron chi connectivity index (χ0n) is 19.3. The molecule has 2 aliphatic heterocycles. The monoisotopic (exact) mass is 562 g/mol. The molecular formula is C24H30Cl4N4O3. The van der Waals surface area contributed by atoms with Crippen LogP contribution in [0.25, 0.3) is 0 Å². The largest absolute Gasteiger partial charge is 0.336 e. The maximum absolute atomic E-state index is 13.4. The van der Waals surface area contributed by atoms with Crippen molar-refractivity contribution < 1.29 is 9.72 Å². The Labute approximate surface area is 228 Å². The van der Waals surface area contributed by atoms with Crippen LogP contribution in [0.4, 0.5) is 5.69 Å². The SMILES string of the molecule is Cl.Cl.O=C(Cc1cc(Cl)c(Cl)cc1[N+](=O)[O-])N1CCN(Cc2ccccc2)C[C@@H]1CN1CCCC1. The van der Waals surface area contributed by atoms with Crippen LogP contribution < -0.4 is 0 Å². The highest BCUT2D eigenvalue weighted by Gasteiger charge is 2.33. The van der Waals surface area contributed by atoms with Crippen molar-refractivity contribution in [3.05, 3.63) is 73.8 Å². The summed E-state index contributed by atoms with van der Waals surface area (Å²) in [6.45, 7) is 5.91. The predicted molar refractivity (Wildman–Crippen MR) is 144 cm³/mol. The van der Waals surface area contributed by atoms with Gasteiger partial charge in [0.15, 0.2) is 0 Å². The van der Waals surface area contributed by atoms with Gasteiger partial charge in [0.05, 0.1) is 27.4 Å². The van der Waals surface area contributed by atoms with E-state index in [9.17, 15) is 14.9 Å². The first-order valence-electron chi connectivity index (χ1n) is 11.3. The van der Waals surface area contributed by atoms with Crippen LogP contribution in [0.5, 0.6) is 0 Å². The number of piperazine rings is 1. The van der Waals surface area contributed by atoms with Gasteiger partial charge in [-0.1, -0.05) is 53.5 Å². The molecule has 0 spiro atoms. The summed E-state index contributed by atoms with van der Waals surface area (Å²) in [5, 5.41) is 11.8. The van der Waals surface area contributed by atoms with E-state index >= 15 is 0 Å². The molecule has 7 nitrogen and oxygen atoms in total. The lowest BCUT2D eigenvalue weighted by molar-refractivity contribution is -0.385. The lowest BCUT2D eigenvalue weighted by Crippen LogP contribution is -2.58. The molecule has 2 fully saturated rings. The van der Waals surface area contributed by atoms with E-state index < -0.39 is 4.92 Å². The van der Waals surface area contributed by atoms with E-state index in [0.29, 0.717) is 12.1 Å². The third kappa shape index (κ3) is 7.68. The first-order valence-corrected chi connectivity index (χ1v) is 12.1. The van der Waals surface area contributed by atoms with Crippen molar-refractivity contribution in [3.63, 3.8) is 0 Å². The van der Waals surface area contributed by atoms with Crippen molar-refractivity contribution in [2.45, 2.75) is 31.8 Å². The molecule has 1 amide bonds. The van der Waals surface area contributed by atoms with E-state index in [1.54, 1.807) is 0 Å². The molecule has 0 aromatic heterocycles. The summed E-state index contributed by atoms with van der Waals surface area (Å²) in [4.78, 5) is 31.1. The topological polar surface area (TPSA) is 69.9 Å². The fraction of sp³-hybridized carbons (Fsp3) is 0.458. The van der Waals surface area contributed by atoms with Gasteiger partial charge in [0.1, 0.15) is 0 Å². The molecule has 4 rings (SSSR count). The van der Waals surface area contributed by atoms with Crippen molar-refractivity contribution in [2.75, 3.05) is 39.3 Å². The van der Waals surface area contributed by atoms with Crippen LogP contribution in [-0.2, 0) is 17.8 Å². The van der Waals surface area contributed by atoms with Crippen LogP contribution >= 0.6 is 48.0 Å². The molecule has 2 saturated heterocycles. The number of amides is 1. The molecule has 0 N–H and O–H groups in total. The van der Waals surface area contributed by atoms with Crippen molar-refractivity contribution in [1.29, 1.82) is 0 Å². The number of nitro benzene ring substituents is 1. The molecule has 35 heavy (non-hydrogen) atoms. The summed E-state index contributed by atoms with van der Waals surface area (Å²) >= 11 is 12.1. The van der Waals surface area contributed by atoms with Crippen molar-refractivity contribution in [1.82, 2.24) is 14.7 Å². The lowest BCUT2D eigenvalue weighted by atomic mass is 10.1. The van der Waals surface area contributed by atoms with Crippen LogP contribution in [0.15, 0.2) is 42.5 Å². The van der Waals surface area contributed by atoms with E-state index in [1.165, 1.54) is 30.5 Å². The van der Waals surface area contributed by atoms with E-state index in [4.69, 9.17) is 23.2 Å². The number of rotatable bonds is 7. The lowest BCUT2D eigenvalue weighted by Gasteiger charge is -2.43. The van der Waals surface area contributed by atoms with Gasteiger partial charge in [-0.25, -0.2) is 0 Å². The third-order valence-corrected chi connectivity index (χ3v) is 7.19. The fourth-order valence-electron chi connectivity index (χ4n) is 4.81. The Morgan fingerprint density at radius 3 is 2.29 bits per heavy atom. The van der Waals surface area contributed by atoms with Crippen LogP contribution in [0.2, 0.25) is 10.0 Å². The normalized spacial score (nSPS) is 18.6. The summed E-state index contributed by atoms with van der Waals surface area (Å²) in [7, 11) is 0. The van der Waals surface area contributed by atoms with Crippen LogP contribution in [0, 0.1) is 10.1 Å². The van der Waals surface area contributed by atoms with E-state index in [0.717, 1.165) is 39.3 Å². The van der Waals surface area contributed by atoms with Crippen LogP contribution in [0.1, 0.15) is 24.0 Å². The van der Waals surface area contributed by atoms with Crippen LogP contribution in [0.3, 0.4) is 0 Å². The van der Waals surface area contributed by atoms with Gasteiger partial charge >= 0.3 is 0 Å². The second kappa shape index (κ2) is 13.6. The van der Waals surface area contributed by atoms with Gasteiger partial charge in [-0.15, -0.1) is 24.8 Å². The molecular weight excluding hydrogens is 534 g/mol. The minimum absolute atomic E-state index is 0. The molecule has 0 unspecified atom stereocenters. The van der Waals surface area contributed by atoms with Gasteiger partial charge in [-0.05, 0) is 37.6 Å². The van der Waals surface area contributed by atoms with Gasteiger partial charge in [0, 0.05) is 44.4 Å². The second-order valence-electron chi connectivity index (χ2n) is 8.80. The molecule has 1 atom stereocenters. The van der Waals surface area contributed by atoms with Crippen molar-refractivity contribution >= 4 is 59.6 Å². The Kier molecular flexibility index (Phi) is 11.5. The molecule has 0 aliphatic carbocycles. The summed E-state index contributed by atoms with van der Waals surface area (Å²) in [5.41, 5.74) is 1.38. The number of benzene rings is 2. The average molecular weight is 564 g/mol. The van der Waals surface area contributed by atoms with Crippen molar-refractivity contribution in [2.24, 2.45) is 0 Å². The first-order chi connectivity index (χ1) is 15.9. The number of hydrogen-bond acceptors (Lipinski definition) is 5. The van der Waals surface area contributed by atoms with E-state index in [-0.39, 0.29) is 58.9 Å². The number of halogens is 4. The summed E-state index contributed by atoms with van der Waals surface area (Å²) < 4.78 is 0. The Bertz CT molecular complexity index is 1010. The first kappa shape index (κ1) is 29.6. The van der Waals surface area contributed by atoms with Gasteiger partial charge < -0.3 is 9.80 Å². The summed E-state index contributed by atoms with van der Waals surface area (Å²) in [6.07, 6.45) is 2.30. The molecule has 0 saturated carbocycles. The zero-order chi connectivity index (χ0) is 23.4. The third-order valence-electron chi connectivity index (χ3n) is 6.46. The highest BCUT2D eigenvalue weighted by molar-refractivity contribution is 6.42. The number of carbonyl (C=O) groups is 1. The smallest absolute Gasteiger partial charge is 0.274 e. The van der Waals surface area contributed by atoms with Gasteiger partial charge in [-0.3, -0.25) is 19.8 Å². The minimum Gasteiger partial charge on any atom is -0.336 e. The highest BCUT2D eigenvalue weighted by atomic mass is 35.5. The molecule has 0 bridgehead atoms. The number of hydrogen-bond donors (Lipinski definition) is 0. The Balaban J connectivity index is 0.00000216. The number of nitrogens with zero attached hydrogens (tertiary/aromatic N) is 4. The van der Waals surface area contributed by atoms with Crippen LogP contribution in [-0.4, -0.2) is 70.8 Å². The second-order valence-corrected chi connectivity index (χ2v) is 9.61. The molecule has 11 heteroatoms. The average Bonchev–Trinajstić information content (AvgIpc) is 3.30. The molecule has 2 aliphatic rings. The fourth-order valence-corrected chi connectivity index (χ4v) is 5.15. The summed E-state index contributed by atoms with van der Waals surface area (Å²) in [6, 6.07) is 13.1. The standard InChI is InChI=1S/C24H28Cl2N4O3.2ClH/c25-21-12-19(23(30(32)33)14-22(21)26)13-24(31)29-11-10-28(15-18-6-2-1-3-7-18)17-20(29)16-27-8-4-5-9-27;;/h1-3,6-7,12,14,20H,4-5,8-11,13,15-17H2;2*1H/t20-;;/m0../s1. The van der Waals surface area contributed by atoms with E-state index in [1.807, 2.05) is 23.1 Å².